The van der Waals surface area contributed by atoms with Crippen molar-refractivity contribution >= 4 is 42.6 Å². The summed E-state index contributed by atoms with van der Waals surface area (Å²) in [5, 5.41) is 2.82. The van der Waals surface area contributed by atoms with E-state index < -0.39 is 0 Å². The summed E-state index contributed by atoms with van der Waals surface area (Å²) in [5.41, 5.74) is 9.92. The normalized spacial score (nSPS) is 22.0. The molecule has 0 fully saturated rings. The number of fused-ring (bicyclic) bond motifs is 5. The third-order valence-corrected chi connectivity index (χ3v) is 6.08. The first kappa shape index (κ1) is 13.9. The number of hydrogen-bond donors (Lipinski definition) is 0. The van der Waals surface area contributed by atoms with Gasteiger partial charge in [-0.25, -0.2) is 0 Å². The number of hydrogen-bond acceptors (Lipinski definition) is 0. The fourth-order valence-corrected chi connectivity index (χ4v) is 4.90. The maximum absolute atomic E-state index is 4.02. The summed E-state index contributed by atoms with van der Waals surface area (Å²) in [5.74, 6) is 0. The first-order valence-electron chi connectivity index (χ1n) is 8.62. The van der Waals surface area contributed by atoms with E-state index in [2.05, 4.69) is 62.6 Å². The van der Waals surface area contributed by atoms with E-state index in [0.29, 0.717) is 0 Å². The fourth-order valence-electron chi connectivity index (χ4n) is 4.90. The van der Waals surface area contributed by atoms with Crippen molar-refractivity contribution in [3.05, 3.63) is 88.7 Å². The monoisotopic (exact) mass is 304 g/mol. The second kappa shape index (κ2) is 4.54. The van der Waals surface area contributed by atoms with Crippen molar-refractivity contribution in [2.24, 2.45) is 0 Å². The van der Waals surface area contributed by atoms with Gasteiger partial charge in [0.1, 0.15) is 0 Å². The number of allylic oxidation sites excluding steroid dienone is 4. The summed E-state index contributed by atoms with van der Waals surface area (Å²) in [6.45, 7) is 10.4. The Labute approximate surface area is 144 Å². The van der Waals surface area contributed by atoms with Gasteiger partial charge >= 0.3 is 0 Å². The first-order valence-corrected chi connectivity index (χ1v) is 8.62. The molecule has 2 aromatic carbocycles. The van der Waals surface area contributed by atoms with E-state index in [9.17, 15) is 0 Å². The van der Waals surface area contributed by atoms with Crippen molar-refractivity contribution in [2.75, 3.05) is 0 Å². The smallest absolute Gasteiger partial charge is 0.0996 e. The fraction of sp³-hybridized carbons (Fsp3) is 0.0909. The highest BCUT2D eigenvalue weighted by Gasteiger charge is 2.41. The molecule has 1 atom stereocenters. The minimum absolute atomic E-state index is 0.0549. The van der Waals surface area contributed by atoms with Gasteiger partial charge in [0.05, 0.1) is 0 Å². The van der Waals surface area contributed by atoms with Crippen molar-refractivity contribution in [2.45, 2.75) is 12.3 Å². The van der Waals surface area contributed by atoms with Crippen LogP contribution in [0, 0.1) is 0 Å². The lowest BCUT2D eigenvalue weighted by Gasteiger charge is -2.22. The van der Waals surface area contributed by atoms with Crippen LogP contribution in [0.25, 0.3) is 17.1 Å². The lowest BCUT2D eigenvalue weighted by atomic mass is 9.64. The summed E-state index contributed by atoms with van der Waals surface area (Å²) in [6, 6.07) is 13.7. The SMILES string of the molecule is C=CC1=C(C=C)c2cc3c(cc2B1)C1(C)C=c2ccccc2=C1B3. The maximum Gasteiger partial charge on any atom is 0.193 e. The predicted molar refractivity (Wildman–Crippen MR) is 108 cm³/mol. The zero-order chi connectivity index (χ0) is 16.5. The number of rotatable bonds is 2. The molecule has 2 heteroatoms. The minimum Gasteiger partial charge on any atom is -0.0996 e. The van der Waals surface area contributed by atoms with Crippen LogP contribution < -0.4 is 21.4 Å². The zero-order valence-electron chi connectivity index (χ0n) is 14.0. The molecule has 3 aliphatic rings. The highest BCUT2D eigenvalue weighted by atomic mass is 14.4. The molecule has 112 valence electrons. The van der Waals surface area contributed by atoms with Crippen LogP contribution in [-0.4, -0.2) is 14.6 Å². The molecule has 2 heterocycles. The van der Waals surface area contributed by atoms with Crippen LogP contribution in [-0.2, 0) is 5.41 Å². The molecular formula is C22H18B2. The molecule has 0 spiro atoms. The summed E-state index contributed by atoms with van der Waals surface area (Å²) in [6.07, 6.45) is 6.43. The van der Waals surface area contributed by atoms with Gasteiger partial charge < -0.3 is 0 Å². The van der Waals surface area contributed by atoms with Crippen LogP contribution >= 0.6 is 0 Å². The quantitative estimate of drug-likeness (QED) is 0.720. The Kier molecular flexibility index (Phi) is 2.63. The molecule has 0 N–H and O–H groups in total. The van der Waals surface area contributed by atoms with E-state index >= 15 is 0 Å². The average Bonchev–Trinajstić information content (AvgIpc) is 3.18. The van der Waals surface area contributed by atoms with E-state index in [-0.39, 0.29) is 5.41 Å². The molecule has 0 saturated heterocycles. The first-order chi connectivity index (χ1) is 11.7. The standard InChI is InChI=1S/C22H18B2/c1-4-14-16-10-20-17(11-19(16)23-18(14)5-2)22(3)12-13-8-6-7-9-15(13)21(22)24-20/h4-12,23-24H,1-2H2,3H3. The van der Waals surface area contributed by atoms with Gasteiger partial charge in [-0.1, -0.05) is 89.7 Å². The van der Waals surface area contributed by atoms with Crippen LogP contribution in [0.15, 0.2) is 67.2 Å². The summed E-state index contributed by atoms with van der Waals surface area (Å²) in [4.78, 5) is 0. The van der Waals surface area contributed by atoms with Crippen LogP contribution in [0.2, 0.25) is 0 Å². The predicted octanol–water partition coefficient (Wildman–Crippen LogP) is 0.781. The molecule has 0 saturated carbocycles. The molecule has 2 aromatic rings. The Morgan fingerprint density at radius 3 is 2.62 bits per heavy atom. The molecular weight excluding hydrogens is 286 g/mol. The molecule has 2 aliphatic heterocycles. The van der Waals surface area contributed by atoms with E-state index in [1.807, 2.05) is 12.2 Å². The highest BCUT2D eigenvalue weighted by Crippen LogP contribution is 2.39. The molecule has 0 nitrogen and oxygen atoms in total. The van der Waals surface area contributed by atoms with Crippen molar-refractivity contribution in [3.8, 4) is 0 Å². The van der Waals surface area contributed by atoms with Crippen LogP contribution in [0.4, 0.5) is 0 Å². The van der Waals surface area contributed by atoms with Gasteiger partial charge in [-0.3, -0.25) is 0 Å². The summed E-state index contributed by atoms with van der Waals surface area (Å²) in [7, 11) is 2.03. The van der Waals surface area contributed by atoms with Gasteiger partial charge in [0.15, 0.2) is 14.6 Å². The minimum atomic E-state index is 0.0549. The van der Waals surface area contributed by atoms with E-state index in [1.54, 1.807) is 5.47 Å². The molecule has 0 amide bonds. The summed E-state index contributed by atoms with van der Waals surface area (Å²) >= 11 is 0. The third-order valence-electron chi connectivity index (χ3n) is 6.08. The Bertz CT molecular complexity index is 1100. The second-order valence-corrected chi connectivity index (χ2v) is 7.28. The van der Waals surface area contributed by atoms with Gasteiger partial charge in [-0.2, -0.15) is 0 Å². The average molecular weight is 304 g/mol. The lowest BCUT2D eigenvalue weighted by Crippen LogP contribution is -2.26. The topological polar surface area (TPSA) is 0 Å². The van der Waals surface area contributed by atoms with E-state index in [0.717, 1.165) is 14.6 Å². The van der Waals surface area contributed by atoms with Crippen LogP contribution in [0.1, 0.15) is 18.1 Å². The Morgan fingerprint density at radius 1 is 1.00 bits per heavy atom. The Balaban J connectivity index is 1.76. The highest BCUT2D eigenvalue weighted by molar-refractivity contribution is 6.76. The number of benzene rings is 2. The summed E-state index contributed by atoms with van der Waals surface area (Å²) < 4.78 is 0. The molecule has 0 bridgehead atoms. The molecule has 5 rings (SSSR count). The van der Waals surface area contributed by atoms with Gasteiger partial charge in [-0.15, -0.1) is 0 Å². The van der Waals surface area contributed by atoms with Gasteiger partial charge in [0, 0.05) is 5.41 Å². The zero-order valence-corrected chi connectivity index (χ0v) is 14.0. The molecule has 0 aromatic heterocycles. The van der Waals surface area contributed by atoms with Crippen molar-refractivity contribution in [3.63, 3.8) is 0 Å². The molecule has 24 heavy (non-hydrogen) atoms. The maximum atomic E-state index is 4.02. The molecule has 0 radical (unpaired) electrons. The van der Waals surface area contributed by atoms with Gasteiger partial charge in [0.2, 0.25) is 0 Å². The Hall–Kier alpha value is -2.47. The molecule has 1 aliphatic carbocycles. The van der Waals surface area contributed by atoms with Crippen molar-refractivity contribution in [1.82, 2.24) is 0 Å². The largest absolute Gasteiger partial charge is 0.193 e. The van der Waals surface area contributed by atoms with Gasteiger partial charge in [0.25, 0.3) is 0 Å². The van der Waals surface area contributed by atoms with Crippen molar-refractivity contribution < 1.29 is 0 Å². The second-order valence-electron chi connectivity index (χ2n) is 7.28. The van der Waals surface area contributed by atoms with Crippen LogP contribution in [0.5, 0.6) is 0 Å². The van der Waals surface area contributed by atoms with Crippen molar-refractivity contribution in [1.29, 1.82) is 0 Å². The molecule has 1 unspecified atom stereocenters. The van der Waals surface area contributed by atoms with Crippen LogP contribution in [0.3, 0.4) is 0 Å². The van der Waals surface area contributed by atoms with Gasteiger partial charge in [-0.05, 0) is 34.1 Å². The lowest BCUT2D eigenvalue weighted by molar-refractivity contribution is 0.869. The van der Waals surface area contributed by atoms with E-state index in [1.165, 1.54) is 43.5 Å². The van der Waals surface area contributed by atoms with E-state index in [4.69, 9.17) is 0 Å². The Morgan fingerprint density at radius 2 is 1.83 bits per heavy atom. The third kappa shape index (κ3) is 1.56.